The molecule has 5 amide bonds. The molecule has 53 heavy (non-hydrogen) atoms. The lowest BCUT2D eigenvalue weighted by Crippen LogP contribution is -2.58. The van der Waals surface area contributed by atoms with Crippen molar-refractivity contribution in [2.75, 3.05) is 33.6 Å². The van der Waals surface area contributed by atoms with Gasteiger partial charge in [-0.25, -0.2) is 0 Å². The molecule has 2 aliphatic rings. The van der Waals surface area contributed by atoms with Crippen LogP contribution >= 0.6 is 0 Å². The molecule has 3 aromatic carbocycles. The summed E-state index contributed by atoms with van der Waals surface area (Å²) in [7, 11) is 1.51. The second-order valence-electron chi connectivity index (χ2n) is 13.2. The first-order chi connectivity index (χ1) is 25.6. The third-order valence-corrected chi connectivity index (χ3v) is 8.94. The number of carbonyl (C=O) groups excluding carboxylic acids is 5. The topological polar surface area (TPSA) is 182 Å². The maximum atomic E-state index is 14.0. The molecule has 0 fully saturated rings. The summed E-state index contributed by atoms with van der Waals surface area (Å²) in [5.41, 5.74) is 1.96. The molecule has 0 unspecified atom stereocenters. The molecule has 0 spiro atoms. The van der Waals surface area contributed by atoms with Gasteiger partial charge in [-0.05, 0) is 73.1 Å². The Bertz CT molecular complexity index is 1770. The zero-order valence-electron chi connectivity index (χ0n) is 30.2. The molecule has 2 heterocycles. The molecule has 14 nitrogen and oxygen atoms in total. The number of amides is 5. The summed E-state index contributed by atoms with van der Waals surface area (Å²) in [6.45, 7) is 3.96. The molecule has 0 saturated carbocycles. The number of benzene rings is 3. The van der Waals surface area contributed by atoms with Gasteiger partial charge in [0.25, 0.3) is 11.8 Å². The maximum absolute atomic E-state index is 14.0. The molecule has 5 rings (SSSR count). The standard InChI is InChI=1S/C39H47N5O9/c1-24(2)35-39(49)41-18-7-11-26-13-15-30(50-3)32(20-26)51-22-34(45)40-17-8-12-28(42-36(46)27-14-16-31-33(21-27)53-23-52-31)37(47)43-29(38(48)44-35)19-25-9-5-4-6-10-25/h4-6,9-10,13-16,20-21,24,28-29,35H,7-8,11-12,17-19,22-23H2,1-3H3,(H,40,45)(H,41,49)(H,42,46)(H,43,47)(H,44,48)/t28-,29-,35+/m0/s1. The third-order valence-electron chi connectivity index (χ3n) is 8.94. The number of hydrogen-bond acceptors (Lipinski definition) is 9. The first kappa shape index (κ1) is 38.4. The molecular weight excluding hydrogens is 682 g/mol. The molecule has 0 aliphatic carbocycles. The number of methoxy groups -OCH3 is 1. The Labute approximate surface area is 308 Å². The number of hydrogen-bond donors (Lipinski definition) is 5. The largest absolute Gasteiger partial charge is 0.493 e. The van der Waals surface area contributed by atoms with E-state index in [9.17, 15) is 24.0 Å². The van der Waals surface area contributed by atoms with Crippen LogP contribution in [0.2, 0.25) is 0 Å². The molecule has 3 aromatic rings. The van der Waals surface area contributed by atoms with Crippen LogP contribution in [0.1, 0.15) is 54.6 Å². The second-order valence-corrected chi connectivity index (χ2v) is 13.2. The Morgan fingerprint density at radius 3 is 2.38 bits per heavy atom. The quantitative estimate of drug-likeness (QED) is 0.255. The Hall–Kier alpha value is -5.79. The Morgan fingerprint density at radius 1 is 0.830 bits per heavy atom. The highest BCUT2D eigenvalue weighted by Gasteiger charge is 2.31. The first-order valence-electron chi connectivity index (χ1n) is 17.8. The van der Waals surface area contributed by atoms with Gasteiger partial charge in [-0.1, -0.05) is 50.2 Å². The van der Waals surface area contributed by atoms with Crippen molar-refractivity contribution in [3.8, 4) is 23.0 Å². The van der Waals surface area contributed by atoms with Crippen LogP contribution in [-0.4, -0.2) is 81.3 Å². The molecule has 282 valence electrons. The van der Waals surface area contributed by atoms with Gasteiger partial charge in [0.2, 0.25) is 24.5 Å². The summed E-state index contributed by atoms with van der Waals surface area (Å²) < 4.78 is 22.0. The number of rotatable bonds is 6. The van der Waals surface area contributed by atoms with Crippen LogP contribution in [0.3, 0.4) is 0 Å². The molecule has 14 heteroatoms. The van der Waals surface area contributed by atoms with Crippen molar-refractivity contribution in [1.29, 1.82) is 0 Å². The maximum Gasteiger partial charge on any atom is 0.257 e. The molecule has 0 radical (unpaired) electrons. The first-order valence-corrected chi connectivity index (χ1v) is 17.8. The third kappa shape index (κ3) is 10.9. The Morgan fingerprint density at radius 2 is 1.60 bits per heavy atom. The van der Waals surface area contributed by atoms with E-state index in [0.717, 1.165) is 11.1 Å². The van der Waals surface area contributed by atoms with Gasteiger partial charge in [0.1, 0.15) is 18.1 Å². The van der Waals surface area contributed by atoms with Crippen LogP contribution in [0.15, 0.2) is 66.7 Å². The summed E-state index contributed by atoms with van der Waals surface area (Å²) in [5.74, 6) is -0.905. The summed E-state index contributed by atoms with van der Waals surface area (Å²) in [6.07, 6.45) is 1.77. The van der Waals surface area contributed by atoms with E-state index in [1.54, 1.807) is 24.3 Å². The van der Waals surface area contributed by atoms with Gasteiger partial charge >= 0.3 is 0 Å². The van der Waals surface area contributed by atoms with E-state index < -0.39 is 35.8 Å². The fourth-order valence-corrected chi connectivity index (χ4v) is 6.00. The van der Waals surface area contributed by atoms with Gasteiger partial charge in [-0.3, -0.25) is 24.0 Å². The van der Waals surface area contributed by atoms with Crippen molar-refractivity contribution in [3.05, 3.63) is 83.4 Å². The fourth-order valence-electron chi connectivity index (χ4n) is 6.00. The average molecular weight is 730 g/mol. The lowest BCUT2D eigenvalue weighted by molar-refractivity contribution is -0.133. The molecular formula is C39H47N5O9. The van der Waals surface area contributed by atoms with E-state index in [2.05, 4.69) is 26.6 Å². The predicted molar refractivity (Wildman–Crippen MR) is 195 cm³/mol. The van der Waals surface area contributed by atoms with Crippen molar-refractivity contribution in [2.45, 2.75) is 64.1 Å². The van der Waals surface area contributed by atoms with Crippen LogP contribution in [0.25, 0.3) is 0 Å². The lowest BCUT2D eigenvalue weighted by atomic mass is 10.00. The fraction of sp³-hybridized carbons (Fsp3) is 0.410. The van der Waals surface area contributed by atoms with Gasteiger partial charge < -0.3 is 45.5 Å². The van der Waals surface area contributed by atoms with Crippen molar-refractivity contribution in [1.82, 2.24) is 26.6 Å². The monoisotopic (exact) mass is 729 g/mol. The van der Waals surface area contributed by atoms with Gasteiger partial charge in [0.15, 0.2) is 29.6 Å². The van der Waals surface area contributed by atoms with Crippen LogP contribution in [0, 0.1) is 5.92 Å². The van der Waals surface area contributed by atoms with Gasteiger partial charge in [-0.15, -0.1) is 0 Å². The summed E-state index contributed by atoms with van der Waals surface area (Å²) in [5, 5.41) is 14.2. The second kappa shape index (κ2) is 18.6. The minimum atomic E-state index is -1.10. The molecule has 3 atom stereocenters. The van der Waals surface area contributed by atoms with Gasteiger partial charge in [0, 0.05) is 25.1 Å². The van der Waals surface area contributed by atoms with E-state index in [0.29, 0.717) is 48.8 Å². The molecule has 2 aliphatic heterocycles. The van der Waals surface area contributed by atoms with E-state index in [4.69, 9.17) is 18.9 Å². The number of carbonyl (C=O) groups is 5. The molecule has 0 saturated heterocycles. The van der Waals surface area contributed by atoms with E-state index in [1.165, 1.54) is 13.2 Å². The van der Waals surface area contributed by atoms with E-state index in [-0.39, 0.29) is 56.1 Å². The highest BCUT2D eigenvalue weighted by atomic mass is 16.7. The minimum Gasteiger partial charge on any atom is -0.493 e. The van der Waals surface area contributed by atoms with Gasteiger partial charge in [-0.2, -0.15) is 0 Å². The minimum absolute atomic E-state index is 0.0340. The highest BCUT2D eigenvalue weighted by Crippen LogP contribution is 2.32. The smallest absolute Gasteiger partial charge is 0.257 e. The lowest BCUT2D eigenvalue weighted by Gasteiger charge is -2.27. The van der Waals surface area contributed by atoms with Crippen LogP contribution in [0.4, 0.5) is 0 Å². The Kier molecular flexibility index (Phi) is 13.5. The van der Waals surface area contributed by atoms with Crippen LogP contribution in [0.5, 0.6) is 23.0 Å². The van der Waals surface area contributed by atoms with Crippen molar-refractivity contribution < 1.29 is 42.9 Å². The van der Waals surface area contributed by atoms with Crippen molar-refractivity contribution in [2.24, 2.45) is 5.92 Å². The normalized spacial score (nSPS) is 20.3. The predicted octanol–water partition coefficient (Wildman–Crippen LogP) is 2.43. The molecule has 0 aromatic heterocycles. The summed E-state index contributed by atoms with van der Waals surface area (Å²) in [6, 6.07) is 16.3. The zero-order valence-corrected chi connectivity index (χ0v) is 30.2. The van der Waals surface area contributed by atoms with Crippen molar-refractivity contribution in [3.63, 3.8) is 0 Å². The van der Waals surface area contributed by atoms with Gasteiger partial charge in [0.05, 0.1) is 7.11 Å². The SMILES string of the molecule is COc1ccc2cc1OCC(=O)NCCC[C@H](NC(=O)c1ccc3c(c1)OCO3)C(=O)N[C@@H](Cc1ccccc1)C(=O)N[C@H](C(C)C)C(=O)NCCC2. The van der Waals surface area contributed by atoms with E-state index in [1.807, 2.05) is 50.2 Å². The zero-order chi connectivity index (χ0) is 37.7. The number of aryl methyl sites for hydroxylation is 1. The molecule has 5 N–H and O–H groups in total. The molecule has 2 bridgehead atoms. The van der Waals surface area contributed by atoms with Crippen LogP contribution in [-0.2, 0) is 32.0 Å². The number of nitrogens with one attached hydrogen (secondary N) is 5. The van der Waals surface area contributed by atoms with Crippen LogP contribution < -0.4 is 45.5 Å². The summed E-state index contributed by atoms with van der Waals surface area (Å²) >= 11 is 0. The number of ether oxygens (including phenoxy) is 4. The Balaban J connectivity index is 1.39. The highest BCUT2D eigenvalue weighted by molar-refractivity contribution is 5.99. The van der Waals surface area contributed by atoms with E-state index >= 15 is 0 Å². The number of fused-ring (bicyclic) bond motifs is 3. The summed E-state index contributed by atoms with van der Waals surface area (Å²) in [4.78, 5) is 67.5. The van der Waals surface area contributed by atoms with Crippen molar-refractivity contribution >= 4 is 29.5 Å². The average Bonchev–Trinajstić information content (AvgIpc) is 3.63.